The van der Waals surface area contributed by atoms with Crippen molar-refractivity contribution >= 4 is 17.4 Å². The Labute approximate surface area is 95.5 Å². The van der Waals surface area contributed by atoms with Gasteiger partial charge in [-0.25, -0.2) is 4.98 Å². The van der Waals surface area contributed by atoms with Crippen molar-refractivity contribution in [1.82, 2.24) is 4.98 Å². The third-order valence-electron chi connectivity index (χ3n) is 2.59. The molecular weight excluding hydrogens is 212 g/mol. The molecule has 4 heteroatoms. The van der Waals surface area contributed by atoms with Gasteiger partial charge in [-0.2, -0.15) is 0 Å². The molecule has 1 heterocycles. The molecule has 15 heavy (non-hydrogen) atoms. The molecule has 2 atom stereocenters. The van der Waals surface area contributed by atoms with Gasteiger partial charge in [0.05, 0.1) is 17.7 Å². The molecular formula is C11H17ClN2O. The highest BCUT2D eigenvalue weighted by Crippen LogP contribution is 2.14. The zero-order chi connectivity index (χ0) is 11.3. The van der Waals surface area contributed by atoms with Crippen molar-refractivity contribution in [3.8, 4) is 0 Å². The van der Waals surface area contributed by atoms with Crippen LogP contribution in [0.5, 0.6) is 0 Å². The highest BCUT2D eigenvalue weighted by molar-refractivity contribution is 6.30. The standard InChI is InChI=1S/C11H17ClN2O/c1-3-8(2)10(7-15)14-11-5-4-9(12)6-13-11/h4-6,8,10,15H,3,7H2,1-2H3,(H,13,14)/t8-,10-/m1/s1. The van der Waals surface area contributed by atoms with Gasteiger partial charge in [0, 0.05) is 6.20 Å². The number of hydrogen-bond donors (Lipinski definition) is 2. The summed E-state index contributed by atoms with van der Waals surface area (Å²) in [6.07, 6.45) is 2.61. The third-order valence-corrected chi connectivity index (χ3v) is 2.81. The maximum Gasteiger partial charge on any atom is 0.126 e. The lowest BCUT2D eigenvalue weighted by molar-refractivity contribution is 0.241. The summed E-state index contributed by atoms with van der Waals surface area (Å²) in [5.74, 6) is 1.16. The first-order valence-electron chi connectivity index (χ1n) is 5.16. The van der Waals surface area contributed by atoms with Crippen LogP contribution in [-0.2, 0) is 0 Å². The Bertz CT molecular complexity index is 289. The fraction of sp³-hybridized carbons (Fsp3) is 0.545. The fourth-order valence-electron chi connectivity index (χ4n) is 1.30. The Balaban J connectivity index is 2.62. The van der Waals surface area contributed by atoms with Crippen molar-refractivity contribution in [2.75, 3.05) is 11.9 Å². The first-order valence-corrected chi connectivity index (χ1v) is 5.54. The minimum atomic E-state index is 0.0451. The topological polar surface area (TPSA) is 45.1 Å². The lowest BCUT2D eigenvalue weighted by atomic mass is 10.00. The van der Waals surface area contributed by atoms with Crippen LogP contribution < -0.4 is 5.32 Å². The predicted octanol–water partition coefficient (Wildman–Crippen LogP) is 2.55. The van der Waals surface area contributed by atoms with Crippen molar-refractivity contribution in [3.63, 3.8) is 0 Å². The number of hydrogen-bond acceptors (Lipinski definition) is 3. The van der Waals surface area contributed by atoms with Gasteiger partial charge < -0.3 is 10.4 Å². The van der Waals surface area contributed by atoms with Crippen molar-refractivity contribution in [1.29, 1.82) is 0 Å². The van der Waals surface area contributed by atoms with Crippen LogP contribution in [0.1, 0.15) is 20.3 Å². The van der Waals surface area contributed by atoms with Gasteiger partial charge in [0.1, 0.15) is 5.82 Å². The quantitative estimate of drug-likeness (QED) is 0.814. The van der Waals surface area contributed by atoms with E-state index in [1.807, 2.05) is 6.07 Å². The van der Waals surface area contributed by atoms with Gasteiger partial charge in [-0.1, -0.05) is 31.9 Å². The van der Waals surface area contributed by atoms with Crippen molar-refractivity contribution < 1.29 is 5.11 Å². The molecule has 0 aromatic carbocycles. The van der Waals surface area contributed by atoms with Crippen LogP contribution in [0.4, 0.5) is 5.82 Å². The van der Waals surface area contributed by atoms with E-state index in [0.717, 1.165) is 12.2 Å². The molecule has 0 bridgehead atoms. The number of pyridine rings is 1. The fourth-order valence-corrected chi connectivity index (χ4v) is 1.42. The van der Waals surface area contributed by atoms with Gasteiger partial charge >= 0.3 is 0 Å². The lowest BCUT2D eigenvalue weighted by Crippen LogP contribution is -2.31. The molecule has 1 rings (SSSR count). The molecule has 0 aliphatic heterocycles. The van der Waals surface area contributed by atoms with Gasteiger partial charge in [-0.3, -0.25) is 0 Å². The van der Waals surface area contributed by atoms with Gasteiger partial charge in [0.15, 0.2) is 0 Å². The second kappa shape index (κ2) is 5.93. The zero-order valence-electron chi connectivity index (χ0n) is 9.07. The van der Waals surface area contributed by atoms with Crippen molar-refractivity contribution in [3.05, 3.63) is 23.4 Å². The van der Waals surface area contributed by atoms with Crippen LogP contribution in [0.3, 0.4) is 0 Å². The average Bonchev–Trinajstić information content (AvgIpc) is 2.27. The van der Waals surface area contributed by atoms with E-state index < -0.39 is 0 Å². The summed E-state index contributed by atoms with van der Waals surface area (Å²) in [6, 6.07) is 3.64. The number of nitrogens with zero attached hydrogens (tertiary/aromatic N) is 1. The van der Waals surface area contributed by atoms with Crippen LogP contribution in [0.25, 0.3) is 0 Å². The Morgan fingerprint density at radius 2 is 2.27 bits per heavy atom. The summed E-state index contributed by atoms with van der Waals surface area (Å²) >= 11 is 5.73. The van der Waals surface area contributed by atoms with Crippen molar-refractivity contribution in [2.24, 2.45) is 5.92 Å². The molecule has 0 spiro atoms. The average molecular weight is 229 g/mol. The summed E-state index contributed by atoms with van der Waals surface area (Å²) < 4.78 is 0. The monoisotopic (exact) mass is 228 g/mol. The molecule has 0 aliphatic rings. The number of nitrogens with one attached hydrogen (secondary N) is 1. The maximum absolute atomic E-state index is 9.23. The van der Waals surface area contributed by atoms with E-state index in [4.69, 9.17) is 11.6 Å². The molecule has 0 radical (unpaired) electrons. The highest BCUT2D eigenvalue weighted by Gasteiger charge is 2.14. The zero-order valence-corrected chi connectivity index (χ0v) is 9.83. The largest absolute Gasteiger partial charge is 0.394 e. The first kappa shape index (κ1) is 12.3. The van der Waals surface area contributed by atoms with Crippen LogP contribution >= 0.6 is 11.6 Å². The van der Waals surface area contributed by atoms with E-state index in [2.05, 4.69) is 24.1 Å². The molecule has 0 saturated heterocycles. The smallest absolute Gasteiger partial charge is 0.126 e. The Morgan fingerprint density at radius 1 is 1.53 bits per heavy atom. The number of halogens is 1. The van der Waals surface area contributed by atoms with E-state index >= 15 is 0 Å². The summed E-state index contributed by atoms with van der Waals surface area (Å²) in [7, 11) is 0. The number of anilines is 1. The minimum absolute atomic E-state index is 0.0451. The molecule has 0 unspecified atom stereocenters. The molecule has 1 aromatic heterocycles. The van der Waals surface area contributed by atoms with E-state index in [0.29, 0.717) is 10.9 Å². The number of rotatable bonds is 5. The van der Waals surface area contributed by atoms with E-state index in [1.165, 1.54) is 0 Å². The Hall–Kier alpha value is -0.800. The van der Waals surface area contributed by atoms with Crippen LogP contribution in [-0.4, -0.2) is 22.7 Å². The molecule has 0 saturated carbocycles. The number of aliphatic hydroxyl groups is 1. The summed E-state index contributed by atoms with van der Waals surface area (Å²) in [5.41, 5.74) is 0. The van der Waals surface area contributed by atoms with E-state index in [1.54, 1.807) is 12.3 Å². The van der Waals surface area contributed by atoms with Gasteiger partial charge in [0.2, 0.25) is 0 Å². The van der Waals surface area contributed by atoms with Gasteiger partial charge in [-0.15, -0.1) is 0 Å². The predicted molar refractivity (Wildman–Crippen MR) is 63.2 cm³/mol. The number of aliphatic hydroxyl groups excluding tert-OH is 1. The molecule has 84 valence electrons. The van der Waals surface area contributed by atoms with Crippen LogP contribution in [0.15, 0.2) is 18.3 Å². The molecule has 3 nitrogen and oxygen atoms in total. The maximum atomic E-state index is 9.23. The summed E-state index contributed by atoms with van der Waals surface area (Å²) in [5, 5.41) is 13.0. The molecule has 0 amide bonds. The normalized spacial score (nSPS) is 14.7. The highest BCUT2D eigenvalue weighted by atomic mass is 35.5. The molecule has 2 N–H and O–H groups in total. The van der Waals surface area contributed by atoms with Gasteiger partial charge in [0.25, 0.3) is 0 Å². The molecule has 1 aromatic rings. The first-order chi connectivity index (χ1) is 7.17. The lowest BCUT2D eigenvalue weighted by Gasteiger charge is -2.22. The Morgan fingerprint density at radius 3 is 2.73 bits per heavy atom. The van der Waals surface area contributed by atoms with E-state index in [9.17, 15) is 5.11 Å². The van der Waals surface area contributed by atoms with Crippen molar-refractivity contribution in [2.45, 2.75) is 26.3 Å². The Kier molecular flexibility index (Phi) is 4.85. The van der Waals surface area contributed by atoms with Crippen LogP contribution in [0.2, 0.25) is 5.02 Å². The van der Waals surface area contributed by atoms with Crippen LogP contribution in [0, 0.1) is 5.92 Å². The molecule has 0 fully saturated rings. The second-order valence-electron chi connectivity index (χ2n) is 3.68. The summed E-state index contributed by atoms with van der Waals surface area (Å²) in [4.78, 5) is 4.13. The molecule has 0 aliphatic carbocycles. The number of aromatic nitrogens is 1. The SMILES string of the molecule is CC[C@@H](C)[C@@H](CO)Nc1ccc(Cl)cn1. The van der Waals surface area contributed by atoms with Gasteiger partial charge in [-0.05, 0) is 18.1 Å². The van der Waals surface area contributed by atoms with E-state index in [-0.39, 0.29) is 12.6 Å². The minimum Gasteiger partial charge on any atom is -0.394 e. The third kappa shape index (κ3) is 3.68. The second-order valence-corrected chi connectivity index (χ2v) is 4.12. The summed E-state index contributed by atoms with van der Waals surface area (Å²) in [6.45, 7) is 4.31.